The number of hydrogen-bond donors (Lipinski definition) is 1. The molecular weight excluding hydrogens is 270 g/mol. The van der Waals surface area contributed by atoms with Crippen LogP contribution in [0.4, 0.5) is 11.4 Å². The molecule has 6 nitrogen and oxygen atoms in total. The fourth-order valence-corrected chi connectivity index (χ4v) is 3.81. The summed E-state index contributed by atoms with van der Waals surface area (Å²) in [5.74, 6) is 0.580. The summed E-state index contributed by atoms with van der Waals surface area (Å²) < 4.78 is 5.40. The van der Waals surface area contributed by atoms with Gasteiger partial charge < -0.3 is 15.4 Å². The molecular formula is C15H21N3O3. The van der Waals surface area contributed by atoms with Crippen molar-refractivity contribution in [3.8, 4) is 5.75 Å². The highest BCUT2D eigenvalue weighted by molar-refractivity contribution is 5.64. The van der Waals surface area contributed by atoms with Gasteiger partial charge in [0.05, 0.1) is 23.8 Å². The van der Waals surface area contributed by atoms with Crippen LogP contribution >= 0.6 is 0 Å². The topological polar surface area (TPSA) is 81.6 Å². The Morgan fingerprint density at radius 1 is 1.33 bits per heavy atom. The summed E-state index contributed by atoms with van der Waals surface area (Å²) in [7, 11) is 1.56. The summed E-state index contributed by atoms with van der Waals surface area (Å²) in [5.41, 5.74) is 7.18. The number of nitro groups is 1. The Morgan fingerprint density at radius 2 is 2.00 bits per heavy atom. The molecule has 0 spiro atoms. The van der Waals surface area contributed by atoms with E-state index in [-0.39, 0.29) is 16.7 Å². The first-order chi connectivity index (χ1) is 10.1. The predicted molar refractivity (Wildman–Crippen MR) is 80.8 cm³/mol. The van der Waals surface area contributed by atoms with E-state index in [9.17, 15) is 10.1 Å². The summed E-state index contributed by atoms with van der Waals surface area (Å²) in [4.78, 5) is 12.9. The van der Waals surface area contributed by atoms with Gasteiger partial charge in [-0.3, -0.25) is 10.1 Å². The van der Waals surface area contributed by atoms with Gasteiger partial charge in [-0.15, -0.1) is 0 Å². The number of methoxy groups -OCH3 is 1. The molecule has 0 aromatic heterocycles. The molecule has 2 N–H and O–H groups in total. The quantitative estimate of drug-likeness (QED) is 0.683. The van der Waals surface area contributed by atoms with E-state index in [0.717, 1.165) is 31.4 Å². The standard InChI is InChI=1S/C15H21N3O3/c1-21-15-9-13(18(19)20)5-6-14(15)17-11-3-2-4-12(17)8-10(16)7-11/h5-6,9-12H,2-4,7-8,16H2,1H3. The van der Waals surface area contributed by atoms with Crippen LogP contribution in [0.5, 0.6) is 5.75 Å². The lowest BCUT2D eigenvalue weighted by atomic mass is 9.81. The highest BCUT2D eigenvalue weighted by atomic mass is 16.6. The Hall–Kier alpha value is -1.82. The normalized spacial score (nSPS) is 28.3. The highest BCUT2D eigenvalue weighted by Crippen LogP contribution is 2.42. The van der Waals surface area contributed by atoms with Gasteiger partial charge in [-0.25, -0.2) is 0 Å². The van der Waals surface area contributed by atoms with Gasteiger partial charge in [0, 0.05) is 24.2 Å². The smallest absolute Gasteiger partial charge is 0.273 e. The van der Waals surface area contributed by atoms with Crippen LogP contribution in [0.1, 0.15) is 32.1 Å². The zero-order valence-electron chi connectivity index (χ0n) is 12.2. The molecule has 1 aromatic rings. The Bertz CT molecular complexity index is 535. The van der Waals surface area contributed by atoms with Crippen LogP contribution in [0.2, 0.25) is 0 Å². The molecule has 2 aliphatic heterocycles. The van der Waals surface area contributed by atoms with Crippen LogP contribution in [0.25, 0.3) is 0 Å². The second-order valence-corrected chi connectivity index (χ2v) is 5.99. The summed E-state index contributed by atoms with van der Waals surface area (Å²) in [6.07, 6.45) is 5.45. The van der Waals surface area contributed by atoms with Crippen LogP contribution in [-0.2, 0) is 0 Å². The van der Waals surface area contributed by atoms with E-state index in [2.05, 4.69) is 4.90 Å². The van der Waals surface area contributed by atoms with Gasteiger partial charge in [-0.05, 0) is 38.2 Å². The number of non-ortho nitro benzene ring substituents is 1. The molecule has 114 valence electrons. The van der Waals surface area contributed by atoms with Crippen molar-refractivity contribution in [1.29, 1.82) is 0 Å². The average Bonchev–Trinajstić information content (AvgIpc) is 2.45. The van der Waals surface area contributed by atoms with E-state index in [4.69, 9.17) is 10.5 Å². The average molecular weight is 291 g/mol. The van der Waals surface area contributed by atoms with Crippen molar-refractivity contribution in [3.63, 3.8) is 0 Å². The second-order valence-electron chi connectivity index (χ2n) is 5.99. The monoisotopic (exact) mass is 291 g/mol. The van der Waals surface area contributed by atoms with Crippen LogP contribution in [0, 0.1) is 10.1 Å². The first-order valence-corrected chi connectivity index (χ1v) is 7.46. The number of fused-ring (bicyclic) bond motifs is 2. The summed E-state index contributed by atoms with van der Waals surface area (Å²) in [5, 5.41) is 10.9. The number of anilines is 1. The summed E-state index contributed by atoms with van der Waals surface area (Å²) in [6, 6.07) is 5.99. The zero-order chi connectivity index (χ0) is 15.0. The number of piperidine rings is 2. The molecule has 2 aliphatic rings. The molecule has 0 aliphatic carbocycles. The van der Waals surface area contributed by atoms with Crippen molar-refractivity contribution in [3.05, 3.63) is 28.3 Å². The minimum Gasteiger partial charge on any atom is -0.494 e. The van der Waals surface area contributed by atoms with Crippen LogP contribution in [0.15, 0.2) is 18.2 Å². The Labute approximate surface area is 124 Å². The molecule has 2 atom stereocenters. The highest BCUT2D eigenvalue weighted by Gasteiger charge is 2.38. The molecule has 2 saturated heterocycles. The molecule has 2 fully saturated rings. The molecule has 0 radical (unpaired) electrons. The first-order valence-electron chi connectivity index (χ1n) is 7.46. The van der Waals surface area contributed by atoms with E-state index < -0.39 is 0 Å². The van der Waals surface area contributed by atoms with Crippen molar-refractivity contribution in [2.24, 2.45) is 5.73 Å². The van der Waals surface area contributed by atoms with Crippen molar-refractivity contribution in [1.82, 2.24) is 0 Å². The molecule has 3 rings (SSSR count). The number of nitro benzene ring substituents is 1. The van der Waals surface area contributed by atoms with Crippen molar-refractivity contribution < 1.29 is 9.66 Å². The van der Waals surface area contributed by atoms with Gasteiger partial charge in [-0.2, -0.15) is 0 Å². The van der Waals surface area contributed by atoms with Gasteiger partial charge in [0.2, 0.25) is 0 Å². The number of ether oxygens (including phenoxy) is 1. The van der Waals surface area contributed by atoms with Crippen molar-refractivity contribution in [2.75, 3.05) is 12.0 Å². The second kappa shape index (κ2) is 5.52. The Kier molecular flexibility index (Phi) is 3.71. The van der Waals surface area contributed by atoms with Crippen molar-refractivity contribution >= 4 is 11.4 Å². The van der Waals surface area contributed by atoms with Gasteiger partial charge in [0.15, 0.2) is 0 Å². The number of rotatable bonds is 3. The number of nitrogens with zero attached hydrogens (tertiary/aromatic N) is 2. The number of hydrogen-bond acceptors (Lipinski definition) is 5. The molecule has 6 heteroatoms. The van der Waals surface area contributed by atoms with E-state index in [1.807, 2.05) is 6.07 Å². The van der Waals surface area contributed by atoms with Crippen LogP contribution in [0.3, 0.4) is 0 Å². The lowest BCUT2D eigenvalue weighted by Gasteiger charge is -2.49. The molecule has 0 amide bonds. The first kappa shape index (κ1) is 14.1. The lowest BCUT2D eigenvalue weighted by Crippen LogP contribution is -2.55. The van der Waals surface area contributed by atoms with Gasteiger partial charge in [-0.1, -0.05) is 0 Å². The maximum Gasteiger partial charge on any atom is 0.273 e. The van der Waals surface area contributed by atoms with Gasteiger partial charge in [0.1, 0.15) is 5.75 Å². The minimum absolute atomic E-state index is 0.0643. The van der Waals surface area contributed by atoms with Crippen LogP contribution < -0.4 is 15.4 Å². The summed E-state index contributed by atoms with van der Waals surface area (Å²) in [6.45, 7) is 0. The molecule has 2 bridgehead atoms. The maximum absolute atomic E-state index is 10.9. The fraction of sp³-hybridized carbons (Fsp3) is 0.600. The van der Waals surface area contributed by atoms with Crippen LogP contribution in [-0.4, -0.2) is 30.2 Å². The Morgan fingerprint density at radius 3 is 2.57 bits per heavy atom. The van der Waals surface area contributed by atoms with Gasteiger partial charge >= 0.3 is 0 Å². The molecule has 2 unspecified atom stereocenters. The Balaban J connectivity index is 1.97. The van der Waals surface area contributed by atoms with E-state index in [1.165, 1.54) is 12.5 Å². The maximum atomic E-state index is 10.9. The predicted octanol–water partition coefficient (Wildman–Crippen LogP) is 2.45. The van der Waals surface area contributed by atoms with E-state index >= 15 is 0 Å². The fourth-order valence-electron chi connectivity index (χ4n) is 3.81. The lowest BCUT2D eigenvalue weighted by molar-refractivity contribution is -0.384. The third-order valence-electron chi connectivity index (χ3n) is 4.66. The third-order valence-corrected chi connectivity index (χ3v) is 4.66. The summed E-state index contributed by atoms with van der Waals surface area (Å²) >= 11 is 0. The van der Waals surface area contributed by atoms with Gasteiger partial charge in [0.25, 0.3) is 5.69 Å². The number of nitrogens with two attached hydrogens (primary N) is 1. The minimum atomic E-state index is -0.390. The molecule has 0 saturated carbocycles. The molecule has 21 heavy (non-hydrogen) atoms. The largest absolute Gasteiger partial charge is 0.494 e. The van der Waals surface area contributed by atoms with Crippen molar-refractivity contribution in [2.45, 2.75) is 50.2 Å². The number of benzene rings is 1. The van der Waals surface area contributed by atoms with E-state index in [0.29, 0.717) is 17.8 Å². The SMILES string of the molecule is COc1cc([N+](=O)[O-])ccc1N1C2CCCC1CC(N)C2. The molecule has 2 heterocycles. The third kappa shape index (κ3) is 2.55. The zero-order valence-corrected chi connectivity index (χ0v) is 12.2. The molecule has 1 aromatic carbocycles. The van der Waals surface area contributed by atoms with E-state index in [1.54, 1.807) is 13.2 Å².